The molecule has 138 valence electrons. The molecule has 2 amide bonds. The number of amides is 2. The lowest BCUT2D eigenvalue weighted by molar-refractivity contribution is -0.119. The highest BCUT2D eigenvalue weighted by atomic mass is 79.9. The van der Waals surface area contributed by atoms with E-state index in [-0.39, 0.29) is 17.6 Å². The molecule has 0 radical (unpaired) electrons. The number of aromatic nitrogens is 4. The molecule has 0 aliphatic heterocycles. The summed E-state index contributed by atoms with van der Waals surface area (Å²) in [5, 5.41) is 8.84. The highest BCUT2D eigenvalue weighted by molar-refractivity contribution is 9.10. The molecule has 0 spiro atoms. The van der Waals surface area contributed by atoms with Crippen molar-refractivity contribution in [3.63, 3.8) is 0 Å². The largest absolute Gasteiger partial charge is 0.305 e. The number of benzene rings is 1. The summed E-state index contributed by atoms with van der Waals surface area (Å²) in [5.74, 6) is 0.0328. The molecule has 0 atom stereocenters. The molecule has 0 aliphatic rings. The molecule has 2 N–H and O–H groups in total. The summed E-state index contributed by atoms with van der Waals surface area (Å²) in [7, 11) is 1.82. The average Bonchev–Trinajstić information content (AvgIpc) is 3.06. The molecule has 0 bridgehead atoms. The third-order valence-electron chi connectivity index (χ3n) is 3.53. The molecule has 0 saturated heterocycles. The Labute approximate surface area is 167 Å². The maximum absolute atomic E-state index is 12.0. The van der Waals surface area contributed by atoms with Gasteiger partial charge in [-0.15, -0.1) is 10.2 Å². The average molecular weight is 447 g/mol. The van der Waals surface area contributed by atoms with Crippen molar-refractivity contribution in [2.24, 2.45) is 7.05 Å². The predicted molar refractivity (Wildman–Crippen MR) is 105 cm³/mol. The number of carbonyl (C=O) groups excluding carboxylic acids is 2. The van der Waals surface area contributed by atoms with Crippen molar-refractivity contribution in [3.05, 3.63) is 58.8 Å². The van der Waals surface area contributed by atoms with Crippen LogP contribution in [0.25, 0.3) is 11.4 Å². The molecule has 0 unspecified atom stereocenters. The van der Waals surface area contributed by atoms with Gasteiger partial charge in [0.15, 0.2) is 11.0 Å². The van der Waals surface area contributed by atoms with Gasteiger partial charge in [-0.25, -0.2) is 0 Å². The molecule has 2 heterocycles. The van der Waals surface area contributed by atoms with Crippen molar-refractivity contribution in [1.29, 1.82) is 0 Å². The van der Waals surface area contributed by atoms with Gasteiger partial charge < -0.3 is 4.57 Å². The second-order valence-electron chi connectivity index (χ2n) is 5.40. The SMILES string of the molecule is Cn1c(SCC(=O)NNC(=O)c2ccc(Br)cc2)nnc1-c1ccncc1. The standard InChI is InChI=1S/C17H15BrN6O2S/c1-24-15(11-6-8-19-9-7-11)21-23-17(24)27-10-14(25)20-22-16(26)12-2-4-13(18)5-3-12/h2-9H,10H2,1H3,(H,20,25)(H,22,26). The van der Waals surface area contributed by atoms with E-state index < -0.39 is 0 Å². The molecule has 0 saturated carbocycles. The van der Waals surface area contributed by atoms with Crippen molar-refractivity contribution in [3.8, 4) is 11.4 Å². The minimum atomic E-state index is -0.389. The molecular weight excluding hydrogens is 432 g/mol. The summed E-state index contributed by atoms with van der Waals surface area (Å²) >= 11 is 4.53. The molecule has 1 aromatic carbocycles. The van der Waals surface area contributed by atoms with Crippen LogP contribution >= 0.6 is 27.7 Å². The highest BCUT2D eigenvalue weighted by Gasteiger charge is 2.13. The first kappa shape index (κ1) is 19.1. The summed E-state index contributed by atoms with van der Waals surface area (Å²) in [6.07, 6.45) is 3.36. The number of pyridine rings is 1. The second kappa shape index (κ2) is 8.78. The van der Waals surface area contributed by atoms with Gasteiger partial charge >= 0.3 is 0 Å². The van der Waals surface area contributed by atoms with Gasteiger partial charge in [0.1, 0.15) is 0 Å². The van der Waals surface area contributed by atoms with Crippen molar-refractivity contribution in [1.82, 2.24) is 30.6 Å². The van der Waals surface area contributed by atoms with Gasteiger partial charge in [-0.3, -0.25) is 25.4 Å². The third-order valence-corrected chi connectivity index (χ3v) is 5.08. The van der Waals surface area contributed by atoms with E-state index in [1.807, 2.05) is 19.2 Å². The zero-order chi connectivity index (χ0) is 19.2. The Morgan fingerprint density at radius 3 is 2.48 bits per heavy atom. The number of carbonyl (C=O) groups is 2. The summed E-state index contributed by atoms with van der Waals surface area (Å²) in [4.78, 5) is 27.9. The van der Waals surface area contributed by atoms with E-state index in [1.165, 1.54) is 11.8 Å². The fourth-order valence-electron chi connectivity index (χ4n) is 2.16. The maximum Gasteiger partial charge on any atom is 0.269 e. The van der Waals surface area contributed by atoms with Gasteiger partial charge in [-0.1, -0.05) is 27.7 Å². The van der Waals surface area contributed by atoms with Crippen molar-refractivity contribution in [2.45, 2.75) is 5.16 Å². The Kier molecular flexibility index (Phi) is 6.20. The number of nitrogens with zero attached hydrogens (tertiary/aromatic N) is 4. The fourth-order valence-corrected chi connectivity index (χ4v) is 3.13. The van der Waals surface area contributed by atoms with Gasteiger partial charge in [-0.2, -0.15) is 0 Å². The van der Waals surface area contributed by atoms with E-state index >= 15 is 0 Å². The Morgan fingerprint density at radius 1 is 1.07 bits per heavy atom. The van der Waals surface area contributed by atoms with Crippen molar-refractivity contribution in [2.75, 3.05) is 5.75 Å². The summed E-state index contributed by atoms with van der Waals surface area (Å²) in [6, 6.07) is 10.5. The molecule has 27 heavy (non-hydrogen) atoms. The highest BCUT2D eigenvalue weighted by Crippen LogP contribution is 2.21. The number of hydrazine groups is 1. The van der Waals surface area contributed by atoms with Crippen LogP contribution in [-0.4, -0.2) is 37.3 Å². The number of thioether (sulfide) groups is 1. The zero-order valence-corrected chi connectivity index (χ0v) is 16.6. The van der Waals surface area contributed by atoms with Crippen LogP contribution in [0.2, 0.25) is 0 Å². The Hall–Kier alpha value is -2.72. The minimum absolute atomic E-state index is 0.0862. The number of hydrogen-bond acceptors (Lipinski definition) is 6. The van der Waals surface area contributed by atoms with Gasteiger partial charge in [0.05, 0.1) is 5.75 Å². The Balaban J connectivity index is 1.52. The van der Waals surface area contributed by atoms with Crippen LogP contribution in [0, 0.1) is 0 Å². The molecule has 2 aromatic heterocycles. The van der Waals surface area contributed by atoms with Crippen LogP contribution in [0.1, 0.15) is 10.4 Å². The molecule has 0 aliphatic carbocycles. The smallest absolute Gasteiger partial charge is 0.269 e. The molecule has 0 fully saturated rings. The van der Waals surface area contributed by atoms with Crippen LogP contribution in [-0.2, 0) is 11.8 Å². The number of nitrogens with one attached hydrogen (secondary N) is 2. The summed E-state index contributed by atoms with van der Waals surface area (Å²) < 4.78 is 2.67. The summed E-state index contributed by atoms with van der Waals surface area (Å²) in [6.45, 7) is 0. The number of hydrogen-bond donors (Lipinski definition) is 2. The molecule has 10 heteroatoms. The predicted octanol–water partition coefficient (Wildman–Crippen LogP) is 2.19. The van der Waals surface area contributed by atoms with E-state index in [9.17, 15) is 9.59 Å². The van der Waals surface area contributed by atoms with Crippen molar-refractivity contribution >= 4 is 39.5 Å². The monoisotopic (exact) mass is 446 g/mol. The van der Waals surface area contributed by atoms with E-state index in [1.54, 1.807) is 41.2 Å². The van der Waals surface area contributed by atoms with Crippen LogP contribution in [0.5, 0.6) is 0 Å². The van der Waals surface area contributed by atoms with E-state index in [2.05, 4.69) is 42.0 Å². The van der Waals surface area contributed by atoms with E-state index in [0.717, 1.165) is 10.0 Å². The Morgan fingerprint density at radius 2 is 1.78 bits per heavy atom. The first-order valence-corrected chi connectivity index (χ1v) is 9.60. The summed E-state index contributed by atoms with van der Waals surface area (Å²) in [5.41, 5.74) is 6.10. The van der Waals surface area contributed by atoms with Crippen LogP contribution in [0.3, 0.4) is 0 Å². The van der Waals surface area contributed by atoms with Gasteiger partial charge in [-0.05, 0) is 36.4 Å². The molecule has 3 rings (SSSR count). The third kappa shape index (κ3) is 4.92. The second-order valence-corrected chi connectivity index (χ2v) is 7.26. The molecule has 8 nitrogen and oxygen atoms in total. The number of rotatable bonds is 5. The lowest BCUT2D eigenvalue weighted by Crippen LogP contribution is -2.42. The van der Waals surface area contributed by atoms with Crippen LogP contribution in [0.15, 0.2) is 58.4 Å². The van der Waals surface area contributed by atoms with Crippen LogP contribution in [0.4, 0.5) is 0 Å². The van der Waals surface area contributed by atoms with Gasteiger partial charge in [0, 0.05) is 35.0 Å². The first-order chi connectivity index (χ1) is 13.0. The van der Waals surface area contributed by atoms with E-state index in [0.29, 0.717) is 16.5 Å². The zero-order valence-electron chi connectivity index (χ0n) is 14.2. The van der Waals surface area contributed by atoms with Crippen molar-refractivity contribution < 1.29 is 9.59 Å². The minimum Gasteiger partial charge on any atom is -0.305 e. The lowest BCUT2D eigenvalue weighted by atomic mass is 10.2. The normalized spacial score (nSPS) is 10.4. The van der Waals surface area contributed by atoms with Gasteiger partial charge in [0.2, 0.25) is 5.91 Å². The van der Waals surface area contributed by atoms with E-state index in [4.69, 9.17) is 0 Å². The number of halogens is 1. The lowest BCUT2D eigenvalue weighted by Gasteiger charge is -2.07. The molecule has 3 aromatic rings. The first-order valence-electron chi connectivity index (χ1n) is 7.82. The molecular formula is C17H15BrN6O2S. The topological polar surface area (TPSA) is 102 Å². The Bertz CT molecular complexity index is 946. The quantitative estimate of drug-likeness (QED) is 0.460. The fraction of sp³-hybridized carbons (Fsp3) is 0.118. The van der Waals surface area contributed by atoms with Crippen LogP contribution < -0.4 is 10.9 Å². The maximum atomic E-state index is 12.0. The van der Waals surface area contributed by atoms with Gasteiger partial charge in [0.25, 0.3) is 5.91 Å².